The van der Waals surface area contributed by atoms with Crippen LogP contribution in [0.25, 0.3) is 0 Å². The maximum Gasteiger partial charge on any atom is 0.326 e. The van der Waals surface area contributed by atoms with Gasteiger partial charge < -0.3 is 38.0 Å². The predicted molar refractivity (Wildman–Crippen MR) is 99.5 cm³/mol. The number of carboxylic acids is 1. The first-order chi connectivity index (χ1) is 12.2. The summed E-state index contributed by atoms with van der Waals surface area (Å²) >= 11 is 1.44. The van der Waals surface area contributed by atoms with Crippen molar-refractivity contribution >= 4 is 35.5 Å². The highest BCUT2D eigenvalue weighted by Gasteiger charge is 2.27. The number of hydrogen-bond acceptors (Lipinski definition) is 7. The Bertz CT molecular complexity index is 500. The lowest BCUT2D eigenvalue weighted by Crippen LogP contribution is -2.55. The molecule has 12 heteroatoms. The molecule has 3 atom stereocenters. The molecule has 10 N–H and O–H groups in total. The lowest BCUT2D eigenvalue weighted by molar-refractivity contribution is -0.142. The van der Waals surface area contributed by atoms with Gasteiger partial charge in [0.25, 0.3) is 0 Å². The lowest BCUT2D eigenvalue weighted by atomic mass is 10.1. The zero-order chi connectivity index (χ0) is 20.1. The average Bonchev–Trinajstić information content (AvgIpc) is 2.58. The first kappa shape index (κ1) is 23.9. The molecule has 0 aromatic rings. The zero-order valence-corrected chi connectivity index (χ0v) is 15.5. The summed E-state index contributed by atoms with van der Waals surface area (Å²) in [6.07, 6.45) is 2.76. The van der Waals surface area contributed by atoms with Crippen LogP contribution in [0, 0.1) is 0 Å². The average molecular weight is 392 g/mol. The molecule has 0 saturated heterocycles. The van der Waals surface area contributed by atoms with Crippen LogP contribution in [0.5, 0.6) is 0 Å². The molecule has 0 saturated carbocycles. The smallest absolute Gasteiger partial charge is 0.326 e. The van der Waals surface area contributed by atoms with Gasteiger partial charge in [-0.15, -0.1) is 0 Å². The van der Waals surface area contributed by atoms with Crippen LogP contribution < -0.4 is 27.8 Å². The molecule has 0 aromatic heterocycles. The van der Waals surface area contributed by atoms with Gasteiger partial charge in [0.1, 0.15) is 12.1 Å². The Morgan fingerprint density at radius 1 is 1.12 bits per heavy atom. The van der Waals surface area contributed by atoms with E-state index in [9.17, 15) is 19.5 Å². The molecule has 0 aliphatic heterocycles. The van der Waals surface area contributed by atoms with E-state index in [-0.39, 0.29) is 18.8 Å². The van der Waals surface area contributed by atoms with E-state index in [0.29, 0.717) is 18.7 Å². The van der Waals surface area contributed by atoms with Crippen molar-refractivity contribution in [1.82, 2.24) is 10.6 Å². The molecular weight excluding hydrogens is 364 g/mol. The van der Waals surface area contributed by atoms with Crippen molar-refractivity contribution in [3.05, 3.63) is 0 Å². The summed E-state index contributed by atoms with van der Waals surface area (Å²) in [4.78, 5) is 39.0. The van der Waals surface area contributed by atoms with Gasteiger partial charge in [-0.25, -0.2) is 4.79 Å². The highest BCUT2D eigenvalue weighted by molar-refractivity contribution is 7.98. The fraction of sp³-hybridized carbons (Fsp3) is 0.714. The van der Waals surface area contributed by atoms with Crippen LogP contribution in [-0.2, 0) is 14.4 Å². The zero-order valence-electron chi connectivity index (χ0n) is 14.7. The number of nitrogens with two attached hydrogens (primary N) is 3. The van der Waals surface area contributed by atoms with Crippen molar-refractivity contribution in [2.45, 2.75) is 37.4 Å². The summed E-state index contributed by atoms with van der Waals surface area (Å²) in [5.74, 6) is -2.14. The molecule has 0 radical (unpaired) electrons. The van der Waals surface area contributed by atoms with Gasteiger partial charge in [-0.3, -0.25) is 14.6 Å². The number of rotatable bonds is 13. The number of nitrogens with zero attached hydrogens (tertiary/aromatic N) is 1. The Hall–Kier alpha value is -2.05. The standard InChI is InChI=1S/C14H28N6O5S/c1-26-6-4-9(13(24)25)19-12(23)10(7-21)20-11(22)8(15)3-2-5-18-14(16)17/h8-10,21H,2-7,15H2,1H3,(H,19,23)(H,20,22)(H,24,25)(H4,16,17,18)/t8-,9-,10-/m0/s1. The van der Waals surface area contributed by atoms with E-state index in [1.165, 1.54) is 11.8 Å². The fourth-order valence-corrected chi connectivity index (χ4v) is 2.36. The Morgan fingerprint density at radius 3 is 2.23 bits per heavy atom. The number of amides is 2. The van der Waals surface area contributed by atoms with Crippen LogP contribution in [0.1, 0.15) is 19.3 Å². The van der Waals surface area contributed by atoms with E-state index in [2.05, 4.69) is 15.6 Å². The first-order valence-electron chi connectivity index (χ1n) is 7.97. The number of carbonyl (C=O) groups excluding carboxylic acids is 2. The summed E-state index contributed by atoms with van der Waals surface area (Å²) in [6, 6.07) is -3.31. The third kappa shape index (κ3) is 10.1. The molecule has 0 heterocycles. The minimum absolute atomic E-state index is 0.0607. The summed E-state index contributed by atoms with van der Waals surface area (Å²) in [6.45, 7) is -0.379. The van der Waals surface area contributed by atoms with E-state index in [1.807, 2.05) is 6.26 Å². The maximum absolute atomic E-state index is 12.1. The van der Waals surface area contributed by atoms with Gasteiger partial charge in [-0.2, -0.15) is 11.8 Å². The second kappa shape index (κ2) is 13.2. The van der Waals surface area contributed by atoms with Gasteiger partial charge in [-0.05, 0) is 31.3 Å². The quantitative estimate of drug-likeness (QED) is 0.0977. The van der Waals surface area contributed by atoms with Crippen molar-refractivity contribution in [2.24, 2.45) is 22.2 Å². The predicted octanol–water partition coefficient (Wildman–Crippen LogP) is -2.83. The minimum atomic E-state index is -1.29. The maximum atomic E-state index is 12.1. The Labute approximate surface area is 156 Å². The number of thioether (sulfide) groups is 1. The first-order valence-corrected chi connectivity index (χ1v) is 9.36. The van der Waals surface area contributed by atoms with Gasteiger partial charge in [-0.1, -0.05) is 0 Å². The molecule has 11 nitrogen and oxygen atoms in total. The molecule has 0 aliphatic carbocycles. The fourth-order valence-electron chi connectivity index (χ4n) is 1.89. The normalized spacial score (nSPS) is 14.0. The number of aliphatic imine (C=N–C) groups is 1. The summed E-state index contributed by atoms with van der Waals surface area (Å²) in [5, 5.41) is 23.0. The topological polar surface area (TPSA) is 206 Å². The van der Waals surface area contributed by atoms with Gasteiger partial charge in [0.15, 0.2) is 5.96 Å². The number of carbonyl (C=O) groups is 3. The van der Waals surface area contributed by atoms with Crippen LogP contribution in [0.15, 0.2) is 4.99 Å². The molecule has 0 aliphatic rings. The second-order valence-corrected chi connectivity index (χ2v) is 6.47. The molecule has 0 rings (SSSR count). The summed E-state index contributed by atoms with van der Waals surface area (Å²) < 4.78 is 0. The Balaban J connectivity index is 4.56. The number of carboxylic acid groups (broad SMARTS) is 1. The van der Waals surface area contributed by atoms with Gasteiger partial charge >= 0.3 is 5.97 Å². The van der Waals surface area contributed by atoms with Crippen molar-refractivity contribution in [3.8, 4) is 0 Å². The van der Waals surface area contributed by atoms with Crippen molar-refractivity contribution in [2.75, 3.05) is 25.2 Å². The van der Waals surface area contributed by atoms with Crippen LogP contribution in [-0.4, -0.2) is 77.2 Å². The number of aliphatic hydroxyl groups excluding tert-OH is 1. The largest absolute Gasteiger partial charge is 0.480 e. The molecule has 150 valence electrons. The van der Waals surface area contributed by atoms with Gasteiger partial charge in [0, 0.05) is 6.54 Å². The molecule has 0 aromatic carbocycles. The SMILES string of the molecule is CSCC[C@H](NC(=O)[C@H](CO)NC(=O)[C@@H](N)CCCN=C(N)N)C(=O)O. The Morgan fingerprint density at radius 2 is 1.73 bits per heavy atom. The molecule has 0 bridgehead atoms. The molecule has 0 fully saturated rings. The van der Waals surface area contributed by atoms with Crippen molar-refractivity contribution in [1.29, 1.82) is 0 Å². The lowest BCUT2D eigenvalue weighted by Gasteiger charge is -2.21. The minimum Gasteiger partial charge on any atom is -0.480 e. The summed E-state index contributed by atoms with van der Waals surface area (Å²) in [5.41, 5.74) is 16.1. The number of aliphatic hydroxyl groups is 1. The Kier molecular flexibility index (Phi) is 12.2. The van der Waals surface area contributed by atoms with Crippen molar-refractivity contribution < 1.29 is 24.6 Å². The highest BCUT2D eigenvalue weighted by Crippen LogP contribution is 2.02. The van der Waals surface area contributed by atoms with E-state index in [4.69, 9.17) is 22.3 Å². The van der Waals surface area contributed by atoms with E-state index in [1.54, 1.807) is 0 Å². The number of nitrogens with one attached hydrogen (secondary N) is 2. The summed E-state index contributed by atoms with van der Waals surface area (Å²) in [7, 11) is 0. The van der Waals surface area contributed by atoms with E-state index in [0.717, 1.165) is 0 Å². The number of guanidine groups is 1. The van der Waals surface area contributed by atoms with Crippen LogP contribution >= 0.6 is 11.8 Å². The molecule has 0 spiro atoms. The third-order valence-electron chi connectivity index (χ3n) is 3.35. The third-order valence-corrected chi connectivity index (χ3v) is 3.99. The molecule has 2 amide bonds. The van der Waals surface area contributed by atoms with Gasteiger partial charge in [0.05, 0.1) is 12.6 Å². The number of aliphatic carboxylic acids is 1. The van der Waals surface area contributed by atoms with E-state index >= 15 is 0 Å². The monoisotopic (exact) mass is 392 g/mol. The molecule has 0 unspecified atom stereocenters. The van der Waals surface area contributed by atoms with E-state index < -0.39 is 42.5 Å². The molecule has 26 heavy (non-hydrogen) atoms. The van der Waals surface area contributed by atoms with Gasteiger partial charge in [0.2, 0.25) is 11.8 Å². The van der Waals surface area contributed by atoms with Crippen LogP contribution in [0.2, 0.25) is 0 Å². The van der Waals surface area contributed by atoms with Crippen molar-refractivity contribution in [3.63, 3.8) is 0 Å². The number of hydrogen-bond donors (Lipinski definition) is 7. The second-order valence-electron chi connectivity index (χ2n) is 5.48. The molecular formula is C14H28N6O5S. The van der Waals surface area contributed by atoms with Crippen LogP contribution in [0.4, 0.5) is 0 Å². The van der Waals surface area contributed by atoms with Crippen LogP contribution in [0.3, 0.4) is 0 Å². The highest BCUT2D eigenvalue weighted by atomic mass is 32.2.